The summed E-state index contributed by atoms with van der Waals surface area (Å²) in [5, 5.41) is 3.29. The third-order valence-electron chi connectivity index (χ3n) is 5.07. The average Bonchev–Trinajstić information content (AvgIpc) is 3.22. The third-order valence-corrected chi connectivity index (χ3v) is 5.07. The van der Waals surface area contributed by atoms with E-state index in [4.69, 9.17) is 15.5 Å². The van der Waals surface area contributed by atoms with Gasteiger partial charge in [0, 0.05) is 23.0 Å². The zero-order valence-electron chi connectivity index (χ0n) is 16.8. The molecule has 3 aromatic carbocycles. The molecule has 2 heterocycles. The standard InChI is InChI=1S/C25H21N5O/c26-25-27-12-11-23(30-25)29-20-10-9-19-15-28-24(22(19)14-20)18-7-4-8-21(13-18)31-16-17-5-2-1-3-6-17/h1-14H,15-16H2,(H3,26,27,29,30). The number of aliphatic imine (C=N–C) groups is 1. The van der Waals surface area contributed by atoms with Crippen LogP contribution in [0.15, 0.2) is 90.1 Å². The van der Waals surface area contributed by atoms with E-state index in [2.05, 4.69) is 45.6 Å². The molecule has 1 aromatic heterocycles. The van der Waals surface area contributed by atoms with Crippen molar-refractivity contribution in [1.29, 1.82) is 0 Å². The van der Waals surface area contributed by atoms with Gasteiger partial charge in [0.15, 0.2) is 0 Å². The monoisotopic (exact) mass is 407 g/mol. The van der Waals surface area contributed by atoms with E-state index in [9.17, 15) is 0 Å². The number of nitrogens with two attached hydrogens (primary N) is 1. The fourth-order valence-corrected chi connectivity index (χ4v) is 3.57. The average molecular weight is 407 g/mol. The lowest BCUT2D eigenvalue weighted by Gasteiger charge is -2.11. The molecule has 0 bridgehead atoms. The Labute approximate surface area is 180 Å². The van der Waals surface area contributed by atoms with Crippen LogP contribution in [0.2, 0.25) is 0 Å². The van der Waals surface area contributed by atoms with E-state index in [1.807, 2.05) is 42.5 Å². The Morgan fingerprint density at radius 3 is 2.71 bits per heavy atom. The number of fused-ring (bicyclic) bond motifs is 1. The number of ether oxygens (including phenoxy) is 1. The van der Waals surface area contributed by atoms with Gasteiger partial charge in [-0.25, -0.2) is 4.98 Å². The molecule has 0 fully saturated rings. The molecule has 1 aliphatic heterocycles. The molecule has 0 aliphatic carbocycles. The fraction of sp³-hybridized carbons (Fsp3) is 0.0800. The molecule has 0 radical (unpaired) electrons. The largest absolute Gasteiger partial charge is 0.489 e. The molecule has 6 heteroatoms. The second-order valence-electron chi connectivity index (χ2n) is 7.26. The maximum absolute atomic E-state index is 6.00. The zero-order chi connectivity index (χ0) is 21.0. The third kappa shape index (κ3) is 4.23. The normalized spacial score (nSPS) is 12.2. The summed E-state index contributed by atoms with van der Waals surface area (Å²) in [7, 11) is 0. The molecular formula is C25H21N5O. The summed E-state index contributed by atoms with van der Waals surface area (Å²) in [6.07, 6.45) is 1.63. The Kier molecular flexibility index (Phi) is 5.02. The first-order chi connectivity index (χ1) is 15.2. The number of anilines is 3. The van der Waals surface area contributed by atoms with Crippen molar-refractivity contribution in [3.05, 3.63) is 107 Å². The van der Waals surface area contributed by atoms with Crippen molar-refractivity contribution in [3.8, 4) is 5.75 Å². The molecule has 6 nitrogen and oxygen atoms in total. The molecule has 0 atom stereocenters. The van der Waals surface area contributed by atoms with Crippen molar-refractivity contribution in [2.75, 3.05) is 11.1 Å². The van der Waals surface area contributed by atoms with Crippen LogP contribution in [-0.4, -0.2) is 15.7 Å². The van der Waals surface area contributed by atoms with Crippen molar-refractivity contribution < 1.29 is 4.74 Å². The quantitative estimate of drug-likeness (QED) is 0.482. The number of rotatable bonds is 6. The summed E-state index contributed by atoms with van der Waals surface area (Å²) >= 11 is 0. The molecule has 0 saturated heterocycles. The van der Waals surface area contributed by atoms with Crippen LogP contribution < -0.4 is 15.8 Å². The summed E-state index contributed by atoms with van der Waals surface area (Å²) in [5.41, 5.74) is 12.0. The fourth-order valence-electron chi connectivity index (χ4n) is 3.57. The molecular weight excluding hydrogens is 386 g/mol. The Hall–Kier alpha value is -4.19. The molecule has 5 rings (SSSR count). The van der Waals surface area contributed by atoms with E-state index >= 15 is 0 Å². The van der Waals surface area contributed by atoms with Crippen molar-refractivity contribution >= 4 is 23.2 Å². The van der Waals surface area contributed by atoms with E-state index in [-0.39, 0.29) is 5.95 Å². The smallest absolute Gasteiger partial charge is 0.221 e. The maximum atomic E-state index is 6.00. The molecule has 0 spiro atoms. The minimum absolute atomic E-state index is 0.237. The van der Waals surface area contributed by atoms with Gasteiger partial charge in [0.1, 0.15) is 18.2 Å². The first-order valence-corrected chi connectivity index (χ1v) is 10.0. The molecule has 1 aliphatic rings. The molecule has 4 aromatic rings. The molecule has 0 amide bonds. The minimum atomic E-state index is 0.237. The SMILES string of the molecule is Nc1nccc(Nc2ccc3c(c2)C(c2cccc(OCc4ccccc4)c2)=NC3)n1. The number of hydrogen-bond acceptors (Lipinski definition) is 6. The zero-order valence-corrected chi connectivity index (χ0v) is 16.8. The van der Waals surface area contributed by atoms with Crippen LogP contribution in [0, 0.1) is 0 Å². The van der Waals surface area contributed by atoms with Crippen LogP contribution in [0.4, 0.5) is 17.5 Å². The molecule has 152 valence electrons. The number of nitrogen functional groups attached to an aromatic ring is 1. The van der Waals surface area contributed by atoms with Gasteiger partial charge < -0.3 is 15.8 Å². The topological polar surface area (TPSA) is 85.4 Å². The summed E-state index contributed by atoms with van der Waals surface area (Å²) in [6.45, 7) is 1.20. The summed E-state index contributed by atoms with van der Waals surface area (Å²) in [5.74, 6) is 1.71. The van der Waals surface area contributed by atoms with Crippen LogP contribution in [-0.2, 0) is 13.2 Å². The molecule has 0 saturated carbocycles. The minimum Gasteiger partial charge on any atom is -0.489 e. The van der Waals surface area contributed by atoms with Gasteiger partial charge in [-0.15, -0.1) is 0 Å². The summed E-state index contributed by atoms with van der Waals surface area (Å²) in [6, 6.07) is 26.2. The van der Waals surface area contributed by atoms with Crippen LogP contribution in [0.1, 0.15) is 22.3 Å². The van der Waals surface area contributed by atoms with Gasteiger partial charge in [-0.1, -0.05) is 48.5 Å². The molecule has 31 heavy (non-hydrogen) atoms. The van der Waals surface area contributed by atoms with Crippen LogP contribution in [0.5, 0.6) is 5.75 Å². The van der Waals surface area contributed by atoms with Crippen LogP contribution in [0.3, 0.4) is 0 Å². The van der Waals surface area contributed by atoms with Crippen molar-refractivity contribution in [2.45, 2.75) is 13.2 Å². The lowest BCUT2D eigenvalue weighted by atomic mass is 9.99. The van der Waals surface area contributed by atoms with E-state index in [1.165, 1.54) is 5.56 Å². The number of aromatic nitrogens is 2. The van der Waals surface area contributed by atoms with Gasteiger partial charge in [-0.05, 0) is 41.5 Å². The van der Waals surface area contributed by atoms with Gasteiger partial charge in [-0.3, -0.25) is 4.99 Å². The number of benzene rings is 3. The van der Waals surface area contributed by atoms with Gasteiger partial charge >= 0.3 is 0 Å². The number of hydrogen-bond donors (Lipinski definition) is 2. The van der Waals surface area contributed by atoms with E-state index in [1.54, 1.807) is 12.3 Å². The Bertz CT molecular complexity index is 1250. The first-order valence-electron chi connectivity index (χ1n) is 10.0. The van der Waals surface area contributed by atoms with E-state index in [0.717, 1.165) is 33.8 Å². The predicted molar refractivity (Wildman–Crippen MR) is 123 cm³/mol. The highest BCUT2D eigenvalue weighted by Gasteiger charge is 2.18. The maximum Gasteiger partial charge on any atom is 0.221 e. The van der Waals surface area contributed by atoms with Crippen molar-refractivity contribution in [3.63, 3.8) is 0 Å². The Morgan fingerprint density at radius 2 is 1.84 bits per heavy atom. The molecule has 0 unspecified atom stereocenters. The number of nitrogens with one attached hydrogen (secondary N) is 1. The number of nitrogens with zero attached hydrogens (tertiary/aromatic N) is 3. The first kappa shape index (κ1) is 18.8. The second kappa shape index (κ2) is 8.28. The summed E-state index contributed by atoms with van der Waals surface area (Å²) < 4.78 is 6.00. The van der Waals surface area contributed by atoms with Crippen LogP contribution in [0.25, 0.3) is 0 Å². The Morgan fingerprint density at radius 1 is 0.935 bits per heavy atom. The lowest BCUT2D eigenvalue weighted by molar-refractivity contribution is 0.306. The van der Waals surface area contributed by atoms with E-state index < -0.39 is 0 Å². The van der Waals surface area contributed by atoms with Gasteiger partial charge in [0.05, 0.1) is 12.3 Å². The van der Waals surface area contributed by atoms with Gasteiger partial charge in [0.25, 0.3) is 0 Å². The van der Waals surface area contributed by atoms with Gasteiger partial charge in [-0.2, -0.15) is 4.98 Å². The summed E-state index contributed by atoms with van der Waals surface area (Å²) in [4.78, 5) is 12.9. The van der Waals surface area contributed by atoms with Crippen LogP contribution >= 0.6 is 0 Å². The highest BCUT2D eigenvalue weighted by atomic mass is 16.5. The van der Waals surface area contributed by atoms with Crippen molar-refractivity contribution in [2.24, 2.45) is 4.99 Å². The highest BCUT2D eigenvalue weighted by Crippen LogP contribution is 2.28. The van der Waals surface area contributed by atoms with Crippen molar-refractivity contribution in [1.82, 2.24) is 9.97 Å². The van der Waals surface area contributed by atoms with Gasteiger partial charge in [0.2, 0.25) is 5.95 Å². The predicted octanol–water partition coefficient (Wildman–Crippen LogP) is 4.73. The molecule has 3 N–H and O–H groups in total. The Balaban J connectivity index is 1.37. The second-order valence-corrected chi connectivity index (χ2v) is 7.26. The lowest BCUT2D eigenvalue weighted by Crippen LogP contribution is -2.04. The van der Waals surface area contributed by atoms with E-state index in [0.29, 0.717) is 19.0 Å². The highest BCUT2D eigenvalue weighted by molar-refractivity contribution is 6.15.